The normalized spacial score (nSPS) is 22.4. The summed E-state index contributed by atoms with van der Waals surface area (Å²) in [6.07, 6.45) is 4.06. The molecular formula is C16H22N4O2. The van der Waals surface area contributed by atoms with E-state index in [9.17, 15) is 9.59 Å². The summed E-state index contributed by atoms with van der Waals surface area (Å²) in [5.41, 5.74) is 1.47. The standard InChI is InChI=1S/C16H22N4O2/c1-12-15(21)18(2)9-10-20(12)16(22)14-11-13(5-6-17-14)19-7-3-4-8-19/h5-6,11-12H,3-4,7-10H2,1-2H3. The molecule has 0 spiro atoms. The Balaban J connectivity index is 1.80. The van der Waals surface area contributed by atoms with Crippen LogP contribution in [0.4, 0.5) is 5.69 Å². The van der Waals surface area contributed by atoms with Gasteiger partial charge in [-0.15, -0.1) is 0 Å². The Morgan fingerprint density at radius 2 is 1.95 bits per heavy atom. The summed E-state index contributed by atoms with van der Waals surface area (Å²) in [7, 11) is 1.77. The van der Waals surface area contributed by atoms with Crippen molar-refractivity contribution in [1.82, 2.24) is 14.8 Å². The van der Waals surface area contributed by atoms with E-state index in [1.165, 1.54) is 12.8 Å². The van der Waals surface area contributed by atoms with E-state index in [0.29, 0.717) is 18.8 Å². The third-order valence-electron chi connectivity index (χ3n) is 4.57. The van der Waals surface area contributed by atoms with Crippen molar-refractivity contribution in [2.75, 3.05) is 38.1 Å². The molecule has 6 heteroatoms. The SMILES string of the molecule is CC1C(=O)N(C)CCN1C(=O)c1cc(N2CCCC2)ccn1. The first-order valence-electron chi connectivity index (χ1n) is 7.85. The van der Waals surface area contributed by atoms with Gasteiger partial charge in [0.2, 0.25) is 5.91 Å². The maximum Gasteiger partial charge on any atom is 0.273 e. The van der Waals surface area contributed by atoms with Crippen LogP contribution in [-0.4, -0.2) is 65.9 Å². The second-order valence-electron chi connectivity index (χ2n) is 6.03. The second-order valence-corrected chi connectivity index (χ2v) is 6.03. The molecule has 1 aromatic rings. The fourth-order valence-corrected chi connectivity index (χ4v) is 3.15. The first-order valence-corrected chi connectivity index (χ1v) is 7.85. The van der Waals surface area contributed by atoms with Gasteiger partial charge in [-0.05, 0) is 31.9 Å². The summed E-state index contributed by atoms with van der Waals surface area (Å²) in [6.45, 7) is 4.96. The van der Waals surface area contributed by atoms with Gasteiger partial charge in [0.05, 0.1) is 0 Å². The first-order chi connectivity index (χ1) is 10.6. The Bertz CT molecular complexity index is 583. The molecule has 3 rings (SSSR count). The fraction of sp³-hybridized carbons (Fsp3) is 0.562. The first kappa shape index (κ1) is 14.8. The molecule has 0 saturated carbocycles. The maximum atomic E-state index is 12.7. The van der Waals surface area contributed by atoms with Crippen molar-refractivity contribution in [1.29, 1.82) is 0 Å². The highest BCUT2D eigenvalue weighted by Crippen LogP contribution is 2.21. The van der Waals surface area contributed by atoms with Gasteiger partial charge in [-0.3, -0.25) is 14.6 Å². The molecule has 3 heterocycles. The van der Waals surface area contributed by atoms with Gasteiger partial charge in [0, 0.05) is 45.1 Å². The lowest BCUT2D eigenvalue weighted by molar-refractivity contribution is -0.137. The fourth-order valence-electron chi connectivity index (χ4n) is 3.15. The van der Waals surface area contributed by atoms with Crippen LogP contribution < -0.4 is 4.90 Å². The molecule has 22 heavy (non-hydrogen) atoms. The molecule has 0 aromatic carbocycles. The monoisotopic (exact) mass is 302 g/mol. The molecule has 0 aliphatic carbocycles. The van der Waals surface area contributed by atoms with Crippen LogP contribution in [0.5, 0.6) is 0 Å². The second kappa shape index (κ2) is 5.94. The molecule has 2 fully saturated rings. The molecule has 2 saturated heterocycles. The van der Waals surface area contributed by atoms with Crippen LogP contribution >= 0.6 is 0 Å². The van der Waals surface area contributed by atoms with Gasteiger partial charge in [0.15, 0.2) is 0 Å². The minimum absolute atomic E-state index is 0.0182. The molecule has 6 nitrogen and oxygen atoms in total. The van der Waals surface area contributed by atoms with E-state index < -0.39 is 6.04 Å². The van der Waals surface area contributed by atoms with E-state index in [1.807, 2.05) is 12.1 Å². The lowest BCUT2D eigenvalue weighted by Gasteiger charge is -2.37. The molecule has 1 unspecified atom stereocenters. The van der Waals surface area contributed by atoms with Crippen molar-refractivity contribution in [2.45, 2.75) is 25.8 Å². The van der Waals surface area contributed by atoms with Crippen LogP contribution in [0.1, 0.15) is 30.3 Å². The van der Waals surface area contributed by atoms with Crippen molar-refractivity contribution in [3.63, 3.8) is 0 Å². The zero-order chi connectivity index (χ0) is 15.7. The number of rotatable bonds is 2. The van der Waals surface area contributed by atoms with Crippen molar-refractivity contribution in [3.05, 3.63) is 24.0 Å². The summed E-state index contributed by atoms with van der Waals surface area (Å²) in [4.78, 5) is 34.5. The Labute approximate surface area is 130 Å². The molecule has 1 aromatic heterocycles. The predicted octanol–water partition coefficient (Wildman–Crippen LogP) is 0.984. The van der Waals surface area contributed by atoms with E-state index in [4.69, 9.17) is 0 Å². The number of likely N-dealkylation sites (N-methyl/N-ethyl adjacent to an activating group) is 1. The van der Waals surface area contributed by atoms with Gasteiger partial charge < -0.3 is 14.7 Å². The maximum absolute atomic E-state index is 12.7. The number of hydrogen-bond donors (Lipinski definition) is 0. The van der Waals surface area contributed by atoms with Gasteiger partial charge in [0.25, 0.3) is 5.91 Å². The number of aromatic nitrogens is 1. The minimum atomic E-state index is -0.427. The number of pyridine rings is 1. The van der Waals surface area contributed by atoms with Crippen LogP contribution in [-0.2, 0) is 4.79 Å². The highest BCUT2D eigenvalue weighted by atomic mass is 16.2. The summed E-state index contributed by atoms with van der Waals surface area (Å²) < 4.78 is 0. The van der Waals surface area contributed by atoms with Crippen LogP contribution in [0.25, 0.3) is 0 Å². The molecule has 0 bridgehead atoms. The van der Waals surface area contributed by atoms with Crippen LogP contribution in [0, 0.1) is 0 Å². The van der Waals surface area contributed by atoms with Crippen molar-refractivity contribution < 1.29 is 9.59 Å². The number of carbonyl (C=O) groups is 2. The number of piperazine rings is 1. The van der Waals surface area contributed by atoms with Crippen LogP contribution in [0.15, 0.2) is 18.3 Å². The number of anilines is 1. The average molecular weight is 302 g/mol. The molecule has 1 atom stereocenters. The van der Waals surface area contributed by atoms with Gasteiger partial charge in [-0.25, -0.2) is 0 Å². The Kier molecular flexibility index (Phi) is 4.00. The zero-order valence-electron chi connectivity index (χ0n) is 13.2. The van der Waals surface area contributed by atoms with Crippen LogP contribution in [0.3, 0.4) is 0 Å². The Morgan fingerprint density at radius 3 is 2.68 bits per heavy atom. The minimum Gasteiger partial charge on any atom is -0.371 e. The van der Waals surface area contributed by atoms with E-state index in [-0.39, 0.29) is 11.8 Å². The molecule has 0 radical (unpaired) electrons. The zero-order valence-corrected chi connectivity index (χ0v) is 13.2. The van der Waals surface area contributed by atoms with E-state index in [1.54, 1.807) is 30.0 Å². The molecule has 2 aliphatic heterocycles. The topological polar surface area (TPSA) is 56.8 Å². The van der Waals surface area contributed by atoms with Gasteiger partial charge in [-0.1, -0.05) is 0 Å². The number of nitrogens with zero attached hydrogens (tertiary/aromatic N) is 4. The van der Waals surface area contributed by atoms with Crippen LogP contribution in [0.2, 0.25) is 0 Å². The number of carbonyl (C=O) groups excluding carboxylic acids is 2. The number of amides is 2. The van der Waals surface area contributed by atoms with Crippen molar-refractivity contribution in [3.8, 4) is 0 Å². The number of hydrogen-bond acceptors (Lipinski definition) is 4. The van der Waals surface area contributed by atoms with Crippen molar-refractivity contribution in [2.24, 2.45) is 0 Å². The largest absolute Gasteiger partial charge is 0.371 e. The van der Waals surface area contributed by atoms with E-state index in [2.05, 4.69) is 9.88 Å². The molecule has 2 amide bonds. The lowest BCUT2D eigenvalue weighted by Crippen LogP contribution is -2.56. The smallest absolute Gasteiger partial charge is 0.273 e. The average Bonchev–Trinajstić information content (AvgIpc) is 3.07. The summed E-state index contributed by atoms with van der Waals surface area (Å²) in [6, 6.07) is 3.37. The Morgan fingerprint density at radius 1 is 1.23 bits per heavy atom. The predicted molar refractivity (Wildman–Crippen MR) is 83.8 cm³/mol. The molecule has 118 valence electrons. The van der Waals surface area contributed by atoms with Crippen molar-refractivity contribution >= 4 is 17.5 Å². The quantitative estimate of drug-likeness (QED) is 0.817. The van der Waals surface area contributed by atoms with Gasteiger partial charge >= 0.3 is 0 Å². The molecule has 2 aliphatic rings. The van der Waals surface area contributed by atoms with E-state index >= 15 is 0 Å². The summed E-state index contributed by atoms with van der Waals surface area (Å²) in [5, 5.41) is 0. The lowest BCUT2D eigenvalue weighted by atomic mass is 10.1. The van der Waals surface area contributed by atoms with E-state index in [0.717, 1.165) is 18.8 Å². The highest BCUT2D eigenvalue weighted by Gasteiger charge is 2.33. The third-order valence-corrected chi connectivity index (χ3v) is 4.57. The third kappa shape index (κ3) is 2.65. The Hall–Kier alpha value is -2.11. The molecular weight excluding hydrogens is 280 g/mol. The molecule has 0 N–H and O–H groups in total. The summed E-state index contributed by atoms with van der Waals surface area (Å²) >= 11 is 0. The highest BCUT2D eigenvalue weighted by molar-refractivity contribution is 5.97. The van der Waals surface area contributed by atoms with Gasteiger partial charge in [0.1, 0.15) is 11.7 Å². The van der Waals surface area contributed by atoms with Gasteiger partial charge in [-0.2, -0.15) is 0 Å². The summed E-state index contributed by atoms with van der Waals surface area (Å²) in [5.74, 6) is -0.176.